The highest BCUT2D eigenvalue weighted by Crippen LogP contribution is 2.27. The fourth-order valence-corrected chi connectivity index (χ4v) is 3.13. The van der Waals surface area contributed by atoms with E-state index in [1.807, 2.05) is 6.07 Å². The molecular weight excluding hydrogens is 332 g/mol. The smallest absolute Gasteiger partial charge is 0.325 e. The number of hydrogen-bond acceptors (Lipinski definition) is 4. The van der Waals surface area contributed by atoms with Gasteiger partial charge in [0.25, 0.3) is 5.91 Å². The minimum atomic E-state index is -0.936. The SMILES string of the molecule is O=C(O)Cn1nccc1[C@H]1CCCN(C(=O)c2ccc(Cl)cn2)C1. The zero-order chi connectivity index (χ0) is 17.1. The zero-order valence-corrected chi connectivity index (χ0v) is 13.7. The van der Waals surface area contributed by atoms with E-state index in [0.29, 0.717) is 23.8 Å². The van der Waals surface area contributed by atoms with E-state index in [0.717, 1.165) is 18.5 Å². The summed E-state index contributed by atoms with van der Waals surface area (Å²) < 4.78 is 1.49. The Kier molecular flexibility index (Phi) is 4.80. The molecule has 1 fully saturated rings. The Bertz CT molecular complexity index is 744. The lowest BCUT2D eigenvalue weighted by atomic mass is 9.94. The van der Waals surface area contributed by atoms with E-state index in [1.165, 1.54) is 10.9 Å². The van der Waals surface area contributed by atoms with Crippen molar-refractivity contribution in [2.45, 2.75) is 25.3 Å². The number of rotatable bonds is 4. The summed E-state index contributed by atoms with van der Waals surface area (Å²) in [5.41, 5.74) is 1.21. The predicted molar refractivity (Wildman–Crippen MR) is 87.0 cm³/mol. The Morgan fingerprint density at radius 1 is 1.33 bits per heavy atom. The van der Waals surface area contributed by atoms with Crippen LogP contribution >= 0.6 is 11.6 Å². The van der Waals surface area contributed by atoms with E-state index in [9.17, 15) is 9.59 Å². The summed E-state index contributed by atoms with van der Waals surface area (Å²) in [6.07, 6.45) is 4.79. The van der Waals surface area contributed by atoms with Crippen molar-refractivity contribution < 1.29 is 14.7 Å². The topological polar surface area (TPSA) is 88.3 Å². The fraction of sp³-hybridized carbons (Fsp3) is 0.375. The third-order valence-electron chi connectivity index (χ3n) is 4.11. The second kappa shape index (κ2) is 7.00. The molecule has 0 aliphatic carbocycles. The number of pyridine rings is 1. The number of nitrogens with zero attached hydrogens (tertiary/aromatic N) is 4. The van der Waals surface area contributed by atoms with Crippen molar-refractivity contribution in [3.63, 3.8) is 0 Å². The van der Waals surface area contributed by atoms with E-state index in [1.54, 1.807) is 23.2 Å². The van der Waals surface area contributed by atoms with Crippen molar-refractivity contribution in [3.8, 4) is 0 Å². The van der Waals surface area contributed by atoms with E-state index in [4.69, 9.17) is 16.7 Å². The Morgan fingerprint density at radius 3 is 2.88 bits per heavy atom. The summed E-state index contributed by atoms with van der Waals surface area (Å²) in [5, 5.41) is 13.5. The Morgan fingerprint density at radius 2 is 2.17 bits per heavy atom. The summed E-state index contributed by atoms with van der Waals surface area (Å²) in [6, 6.07) is 5.08. The highest BCUT2D eigenvalue weighted by Gasteiger charge is 2.28. The number of piperidine rings is 1. The van der Waals surface area contributed by atoms with Gasteiger partial charge in [-0.15, -0.1) is 0 Å². The van der Waals surface area contributed by atoms with Crippen LogP contribution in [0.15, 0.2) is 30.6 Å². The fourth-order valence-electron chi connectivity index (χ4n) is 3.02. The number of aromatic nitrogens is 3. The lowest BCUT2D eigenvalue weighted by Crippen LogP contribution is -2.40. The maximum atomic E-state index is 12.6. The number of carbonyl (C=O) groups excluding carboxylic acids is 1. The van der Waals surface area contributed by atoms with Crippen LogP contribution in [0.1, 0.15) is 34.9 Å². The first-order valence-corrected chi connectivity index (χ1v) is 8.06. The highest BCUT2D eigenvalue weighted by molar-refractivity contribution is 6.30. The van der Waals surface area contributed by atoms with Gasteiger partial charge in [-0.1, -0.05) is 11.6 Å². The first-order valence-electron chi connectivity index (χ1n) is 7.69. The third-order valence-corrected chi connectivity index (χ3v) is 4.33. The van der Waals surface area contributed by atoms with Gasteiger partial charge in [0.15, 0.2) is 0 Å². The summed E-state index contributed by atoms with van der Waals surface area (Å²) in [7, 11) is 0. The zero-order valence-electron chi connectivity index (χ0n) is 12.9. The van der Waals surface area contributed by atoms with Gasteiger partial charge in [0, 0.05) is 37.1 Å². The van der Waals surface area contributed by atoms with Crippen LogP contribution in [0, 0.1) is 0 Å². The number of aliphatic carboxylic acids is 1. The van der Waals surface area contributed by atoms with Crippen LogP contribution in [0.5, 0.6) is 0 Å². The molecule has 0 aromatic carbocycles. The lowest BCUT2D eigenvalue weighted by molar-refractivity contribution is -0.137. The van der Waals surface area contributed by atoms with Gasteiger partial charge in [0.1, 0.15) is 12.2 Å². The maximum Gasteiger partial charge on any atom is 0.325 e. The Labute approximate surface area is 143 Å². The number of likely N-dealkylation sites (tertiary alicyclic amines) is 1. The minimum Gasteiger partial charge on any atom is -0.480 e. The second-order valence-electron chi connectivity index (χ2n) is 5.76. The summed E-state index contributed by atoms with van der Waals surface area (Å²) in [4.78, 5) is 29.4. The molecule has 3 heterocycles. The number of amides is 1. The predicted octanol–water partition coefficient (Wildman–Crippen LogP) is 2.04. The van der Waals surface area contributed by atoms with Crippen molar-refractivity contribution in [1.82, 2.24) is 19.7 Å². The van der Waals surface area contributed by atoms with E-state index in [-0.39, 0.29) is 18.4 Å². The molecule has 8 heteroatoms. The molecule has 2 aromatic rings. The first-order chi connectivity index (χ1) is 11.5. The van der Waals surface area contributed by atoms with Crippen molar-refractivity contribution in [1.29, 1.82) is 0 Å². The molecule has 0 bridgehead atoms. The van der Waals surface area contributed by atoms with E-state index in [2.05, 4.69) is 10.1 Å². The van der Waals surface area contributed by atoms with Crippen LogP contribution in [0.4, 0.5) is 0 Å². The maximum absolute atomic E-state index is 12.6. The average Bonchev–Trinajstić information content (AvgIpc) is 3.02. The quantitative estimate of drug-likeness (QED) is 0.913. The van der Waals surface area contributed by atoms with E-state index >= 15 is 0 Å². The van der Waals surface area contributed by atoms with Crippen molar-refractivity contribution in [3.05, 3.63) is 47.0 Å². The second-order valence-corrected chi connectivity index (χ2v) is 6.20. The lowest BCUT2D eigenvalue weighted by Gasteiger charge is -2.32. The van der Waals surface area contributed by atoms with Gasteiger partial charge < -0.3 is 10.0 Å². The van der Waals surface area contributed by atoms with Gasteiger partial charge in [-0.3, -0.25) is 14.3 Å². The normalized spacial score (nSPS) is 17.7. The first kappa shape index (κ1) is 16.4. The van der Waals surface area contributed by atoms with Gasteiger partial charge in [0.05, 0.1) is 5.02 Å². The van der Waals surface area contributed by atoms with Crippen LogP contribution in [-0.2, 0) is 11.3 Å². The molecule has 126 valence electrons. The van der Waals surface area contributed by atoms with Crippen LogP contribution in [0.25, 0.3) is 0 Å². The summed E-state index contributed by atoms with van der Waals surface area (Å²) in [6.45, 7) is 1.01. The van der Waals surface area contributed by atoms with Gasteiger partial charge in [0.2, 0.25) is 0 Å². The van der Waals surface area contributed by atoms with Crippen LogP contribution in [0.2, 0.25) is 5.02 Å². The highest BCUT2D eigenvalue weighted by atomic mass is 35.5. The number of carboxylic acids is 1. The molecule has 1 amide bonds. The number of carbonyl (C=O) groups is 2. The van der Waals surface area contributed by atoms with Gasteiger partial charge in [-0.2, -0.15) is 5.10 Å². The monoisotopic (exact) mass is 348 g/mol. The molecule has 1 aliphatic rings. The number of hydrogen-bond donors (Lipinski definition) is 1. The van der Waals surface area contributed by atoms with Crippen molar-refractivity contribution in [2.24, 2.45) is 0 Å². The van der Waals surface area contributed by atoms with Gasteiger partial charge in [-0.25, -0.2) is 4.98 Å². The average molecular weight is 349 g/mol. The van der Waals surface area contributed by atoms with Crippen molar-refractivity contribution >= 4 is 23.5 Å². The molecule has 1 N–H and O–H groups in total. The van der Waals surface area contributed by atoms with E-state index < -0.39 is 5.97 Å². The summed E-state index contributed by atoms with van der Waals surface area (Å²) >= 11 is 5.81. The minimum absolute atomic E-state index is 0.0665. The molecule has 24 heavy (non-hydrogen) atoms. The third kappa shape index (κ3) is 3.56. The van der Waals surface area contributed by atoms with Crippen LogP contribution in [-0.4, -0.2) is 49.7 Å². The largest absolute Gasteiger partial charge is 0.480 e. The van der Waals surface area contributed by atoms with Crippen LogP contribution < -0.4 is 0 Å². The molecular formula is C16H17ClN4O3. The van der Waals surface area contributed by atoms with Gasteiger partial charge >= 0.3 is 5.97 Å². The molecule has 2 aromatic heterocycles. The summed E-state index contributed by atoms with van der Waals surface area (Å²) in [5.74, 6) is -1.01. The number of carboxylic acid groups (broad SMARTS) is 1. The Hall–Kier alpha value is -2.41. The van der Waals surface area contributed by atoms with Crippen LogP contribution in [0.3, 0.4) is 0 Å². The molecule has 3 rings (SSSR count). The molecule has 1 aliphatic heterocycles. The molecule has 0 radical (unpaired) electrons. The van der Waals surface area contributed by atoms with Gasteiger partial charge in [-0.05, 0) is 31.0 Å². The standard InChI is InChI=1S/C16H17ClN4O3/c17-12-3-4-13(18-8-12)16(24)20-7-1-2-11(9-20)14-5-6-19-21(14)10-15(22)23/h3-6,8,11H,1-2,7,9-10H2,(H,22,23)/t11-/m0/s1. The Balaban J connectivity index is 1.75. The number of halogens is 1. The molecule has 7 nitrogen and oxygen atoms in total. The molecule has 0 saturated carbocycles. The molecule has 0 unspecified atom stereocenters. The molecule has 1 atom stereocenters. The van der Waals surface area contributed by atoms with Crippen molar-refractivity contribution in [2.75, 3.05) is 13.1 Å². The molecule has 0 spiro atoms. The molecule has 1 saturated heterocycles.